The molecule has 20 heavy (non-hydrogen) atoms. The van der Waals surface area contributed by atoms with Gasteiger partial charge in [0.15, 0.2) is 0 Å². The Bertz CT molecular complexity index is 659. The second-order valence-corrected chi connectivity index (χ2v) is 7.06. The molecular weight excluding hydrogens is 303 g/mol. The van der Waals surface area contributed by atoms with E-state index in [1.807, 2.05) is 13.0 Å². The minimum atomic E-state index is -3.72. The highest BCUT2D eigenvalue weighted by Crippen LogP contribution is 2.27. The summed E-state index contributed by atoms with van der Waals surface area (Å²) in [6.45, 7) is 2.64. The third kappa shape index (κ3) is 2.88. The molecule has 0 saturated carbocycles. The number of hydrogen-bond acceptors (Lipinski definition) is 3. The maximum atomic E-state index is 13.7. The number of rotatable bonds is 3. The van der Waals surface area contributed by atoms with E-state index in [4.69, 9.17) is 17.3 Å². The van der Waals surface area contributed by atoms with Crippen molar-refractivity contribution in [3.05, 3.63) is 40.2 Å². The maximum Gasteiger partial charge on any atom is 0.243 e. The minimum absolute atomic E-state index is 0.0157. The highest BCUT2D eigenvalue weighted by atomic mass is 35.5. The zero-order valence-electron chi connectivity index (χ0n) is 11.1. The van der Waals surface area contributed by atoms with Crippen molar-refractivity contribution in [3.63, 3.8) is 0 Å². The van der Waals surface area contributed by atoms with Crippen molar-refractivity contribution in [3.8, 4) is 0 Å². The van der Waals surface area contributed by atoms with Crippen LogP contribution >= 0.6 is 11.6 Å². The summed E-state index contributed by atoms with van der Waals surface area (Å²) in [5.74, 6) is -0.767. The van der Waals surface area contributed by atoms with Crippen LogP contribution in [0.5, 0.6) is 0 Å². The smallest absolute Gasteiger partial charge is 0.243 e. The van der Waals surface area contributed by atoms with Crippen molar-refractivity contribution in [1.29, 1.82) is 0 Å². The normalized spacial score (nSPS) is 17.1. The topological polar surface area (TPSA) is 63.4 Å². The summed E-state index contributed by atoms with van der Waals surface area (Å²) in [5.41, 5.74) is 6.90. The summed E-state index contributed by atoms with van der Waals surface area (Å²) >= 11 is 5.75. The van der Waals surface area contributed by atoms with Crippen LogP contribution in [-0.2, 0) is 16.6 Å². The van der Waals surface area contributed by atoms with Gasteiger partial charge < -0.3 is 5.73 Å². The molecule has 0 aliphatic carbocycles. The van der Waals surface area contributed by atoms with Crippen LogP contribution in [0, 0.1) is 5.82 Å². The number of sulfonamides is 1. The van der Waals surface area contributed by atoms with Crippen molar-refractivity contribution < 1.29 is 12.8 Å². The van der Waals surface area contributed by atoms with E-state index >= 15 is 0 Å². The molecule has 1 aromatic rings. The van der Waals surface area contributed by atoms with Crippen molar-refractivity contribution in [1.82, 2.24) is 4.31 Å². The fourth-order valence-electron chi connectivity index (χ4n) is 2.04. The number of nitrogens with two attached hydrogens (primary N) is 1. The summed E-state index contributed by atoms with van der Waals surface area (Å²) in [5, 5.41) is -0.124. The molecule has 0 amide bonds. The monoisotopic (exact) mass is 318 g/mol. The highest BCUT2D eigenvalue weighted by Gasteiger charge is 2.27. The fraction of sp³-hybridized carbons (Fsp3) is 0.385. The van der Waals surface area contributed by atoms with Gasteiger partial charge in [-0.25, -0.2) is 12.8 Å². The first-order chi connectivity index (χ1) is 9.36. The minimum Gasteiger partial charge on any atom is -0.326 e. The van der Waals surface area contributed by atoms with Gasteiger partial charge in [0, 0.05) is 19.6 Å². The first-order valence-corrected chi connectivity index (χ1v) is 8.02. The number of nitrogens with zero attached hydrogens (tertiary/aromatic N) is 1. The van der Waals surface area contributed by atoms with Crippen molar-refractivity contribution in [2.75, 3.05) is 13.1 Å². The zero-order chi connectivity index (χ0) is 14.9. The standard InChI is InChI=1S/C13H16ClFN2O2S/c1-9-2-4-17(5-3-9)20(18,19)11-6-10(8-16)13(14)12(15)7-11/h2,6-7H,3-5,8,16H2,1H3. The third-order valence-electron chi connectivity index (χ3n) is 3.33. The van der Waals surface area contributed by atoms with Gasteiger partial charge in [0.05, 0.1) is 9.92 Å². The summed E-state index contributed by atoms with van der Waals surface area (Å²) in [6, 6.07) is 2.29. The molecule has 2 N–H and O–H groups in total. The van der Waals surface area contributed by atoms with Gasteiger partial charge in [0.25, 0.3) is 0 Å². The average Bonchev–Trinajstić information content (AvgIpc) is 2.42. The van der Waals surface area contributed by atoms with E-state index in [-0.39, 0.29) is 22.0 Å². The van der Waals surface area contributed by atoms with Crippen LogP contribution in [0.3, 0.4) is 0 Å². The van der Waals surface area contributed by atoms with Gasteiger partial charge in [0.1, 0.15) is 5.82 Å². The van der Waals surface area contributed by atoms with Gasteiger partial charge in [-0.15, -0.1) is 0 Å². The first-order valence-electron chi connectivity index (χ1n) is 6.20. The highest BCUT2D eigenvalue weighted by molar-refractivity contribution is 7.89. The zero-order valence-corrected chi connectivity index (χ0v) is 12.6. The van der Waals surface area contributed by atoms with E-state index in [0.29, 0.717) is 19.5 Å². The van der Waals surface area contributed by atoms with Crippen LogP contribution in [0.25, 0.3) is 0 Å². The fourth-order valence-corrected chi connectivity index (χ4v) is 3.67. The van der Waals surface area contributed by atoms with E-state index < -0.39 is 15.8 Å². The van der Waals surface area contributed by atoms with Gasteiger partial charge >= 0.3 is 0 Å². The van der Waals surface area contributed by atoms with Crippen LogP contribution in [0.2, 0.25) is 5.02 Å². The number of benzene rings is 1. The maximum absolute atomic E-state index is 13.7. The lowest BCUT2D eigenvalue weighted by molar-refractivity contribution is 0.431. The Labute approximate surface area is 123 Å². The SMILES string of the molecule is CC1=CCN(S(=O)(=O)c2cc(F)c(Cl)c(CN)c2)CC1. The van der Waals surface area contributed by atoms with Crippen LogP contribution in [-0.4, -0.2) is 25.8 Å². The van der Waals surface area contributed by atoms with E-state index in [1.54, 1.807) is 0 Å². The molecule has 0 aromatic heterocycles. The van der Waals surface area contributed by atoms with Crippen LogP contribution < -0.4 is 5.73 Å². The molecule has 1 heterocycles. The Hall–Kier alpha value is -0.950. The lowest BCUT2D eigenvalue weighted by Gasteiger charge is -2.25. The molecule has 0 radical (unpaired) electrons. The Balaban J connectivity index is 2.42. The Morgan fingerprint density at radius 3 is 2.70 bits per heavy atom. The molecule has 1 aliphatic heterocycles. The number of halogens is 2. The second-order valence-electron chi connectivity index (χ2n) is 4.75. The Morgan fingerprint density at radius 1 is 1.45 bits per heavy atom. The quantitative estimate of drug-likeness (QED) is 0.870. The van der Waals surface area contributed by atoms with Crippen LogP contribution in [0.15, 0.2) is 28.7 Å². The van der Waals surface area contributed by atoms with Crippen LogP contribution in [0.4, 0.5) is 4.39 Å². The third-order valence-corrected chi connectivity index (χ3v) is 5.60. The molecule has 0 bridgehead atoms. The Morgan fingerprint density at radius 2 is 2.15 bits per heavy atom. The predicted octanol–water partition coefficient (Wildman–Crippen LogP) is 2.28. The second kappa shape index (κ2) is 5.81. The van der Waals surface area contributed by atoms with Gasteiger partial charge in [-0.05, 0) is 31.0 Å². The molecular formula is C13H16ClFN2O2S. The molecule has 2 rings (SSSR count). The first kappa shape index (κ1) is 15.4. The van der Waals surface area contributed by atoms with Crippen LogP contribution in [0.1, 0.15) is 18.9 Å². The molecule has 0 fully saturated rings. The van der Waals surface area contributed by atoms with Gasteiger partial charge in [0.2, 0.25) is 10.0 Å². The summed E-state index contributed by atoms with van der Waals surface area (Å²) in [6.07, 6.45) is 2.54. The lowest BCUT2D eigenvalue weighted by atomic mass is 10.1. The van der Waals surface area contributed by atoms with Crippen molar-refractivity contribution >= 4 is 21.6 Å². The van der Waals surface area contributed by atoms with Crippen molar-refractivity contribution in [2.45, 2.75) is 24.8 Å². The summed E-state index contributed by atoms with van der Waals surface area (Å²) < 4.78 is 40.0. The number of hydrogen-bond donors (Lipinski definition) is 1. The largest absolute Gasteiger partial charge is 0.326 e. The predicted molar refractivity (Wildman–Crippen MR) is 76.4 cm³/mol. The molecule has 0 spiro atoms. The van der Waals surface area contributed by atoms with E-state index in [2.05, 4.69) is 0 Å². The van der Waals surface area contributed by atoms with Gasteiger partial charge in [-0.2, -0.15) is 4.31 Å². The summed E-state index contributed by atoms with van der Waals surface area (Å²) in [7, 11) is -3.72. The van der Waals surface area contributed by atoms with E-state index in [9.17, 15) is 12.8 Å². The van der Waals surface area contributed by atoms with Gasteiger partial charge in [-0.1, -0.05) is 23.3 Å². The molecule has 0 saturated heterocycles. The molecule has 4 nitrogen and oxygen atoms in total. The molecule has 0 unspecified atom stereocenters. The lowest BCUT2D eigenvalue weighted by Crippen LogP contribution is -2.34. The molecule has 7 heteroatoms. The molecule has 1 aromatic carbocycles. The summed E-state index contributed by atoms with van der Waals surface area (Å²) in [4.78, 5) is -0.104. The van der Waals surface area contributed by atoms with Crippen molar-refractivity contribution in [2.24, 2.45) is 5.73 Å². The van der Waals surface area contributed by atoms with Gasteiger partial charge in [-0.3, -0.25) is 0 Å². The average molecular weight is 319 g/mol. The molecule has 1 aliphatic rings. The molecule has 0 atom stereocenters. The molecule has 110 valence electrons. The van der Waals surface area contributed by atoms with E-state index in [0.717, 1.165) is 11.6 Å². The Kier molecular flexibility index (Phi) is 4.49. The van der Waals surface area contributed by atoms with E-state index in [1.165, 1.54) is 10.4 Å².